The van der Waals surface area contributed by atoms with Gasteiger partial charge in [-0.1, -0.05) is 6.07 Å². The highest BCUT2D eigenvalue weighted by Gasteiger charge is 2.45. The van der Waals surface area contributed by atoms with Crippen molar-refractivity contribution in [1.29, 1.82) is 0 Å². The number of alkyl halides is 3. The second-order valence-electron chi connectivity index (χ2n) is 7.75. The van der Waals surface area contributed by atoms with E-state index >= 15 is 0 Å². The molecule has 4 rings (SSSR count). The molecule has 0 radical (unpaired) electrons. The van der Waals surface area contributed by atoms with Crippen LogP contribution in [0.25, 0.3) is 0 Å². The first-order valence-corrected chi connectivity index (χ1v) is 9.53. The first kappa shape index (κ1) is 22.3. The van der Waals surface area contributed by atoms with E-state index in [2.05, 4.69) is 21.7 Å². The van der Waals surface area contributed by atoms with Gasteiger partial charge < -0.3 is 20.1 Å². The third kappa shape index (κ3) is 5.39. The van der Waals surface area contributed by atoms with Gasteiger partial charge >= 0.3 is 6.18 Å². The lowest BCUT2D eigenvalue weighted by molar-refractivity contribution is -0.143. The Labute approximate surface area is 185 Å². The third-order valence-corrected chi connectivity index (χ3v) is 5.67. The van der Waals surface area contributed by atoms with Crippen LogP contribution in [0.15, 0.2) is 23.2 Å². The lowest BCUT2D eigenvalue weighted by Gasteiger charge is -2.22. The summed E-state index contributed by atoms with van der Waals surface area (Å²) in [5.74, 6) is 2.18. The summed E-state index contributed by atoms with van der Waals surface area (Å²) in [6.45, 7) is 0.923. The number of nitrogens with one attached hydrogen (secondary N) is 2. The zero-order valence-electron chi connectivity index (χ0n) is 16.2. The van der Waals surface area contributed by atoms with Gasteiger partial charge in [0.05, 0.1) is 6.54 Å². The zero-order chi connectivity index (χ0) is 19.8. The minimum absolute atomic E-state index is 0. The van der Waals surface area contributed by atoms with E-state index in [1.54, 1.807) is 7.05 Å². The van der Waals surface area contributed by atoms with Gasteiger partial charge in [0.15, 0.2) is 17.5 Å². The van der Waals surface area contributed by atoms with Crippen LogP contribution in [0.5, 0.6) is 11.5 Å². The Morgan fingerprint density at radius 3 is 2.72 bits per heavy atom. The summed E-state index contributed by atoms with van der Waals surface area (Å²) in [5.41, 5.74) is 1.24. The highest BCUT2D eigenvalue weighted by atomic mass is 127. The molecule has 1 aliphatic carbocycles. The smallest absolute Gasteiger partial charge is 0.401 e. The lowest BCUT2D eigenvalue weighted by atomic mass is 9.95. The van der Waals surface area contributed by atoms with Crippen molar-refractivity contribution in [1.82, 2.24) is 15.5 Å². The van der Waals surface area contributed by atoms with Crippen molar-refractivity contribution in [3.05, 3.63) is 23.8 Å². The first-order chi connectivity index (χ1) is 13.4. The molecule has 2 N–H and O–H groups in total. The highest BCUT2D eigenvalue weighted by molar-refractivity contribution is 14.0. The largest absolute Gasteiger partial charge is 0.454 e. The maximum Gasteiger partial charge on any atom is 0.401 e. The van der Waals surface area contributed by atoms with Crippen molar-refractivity contribution < 1.29 is 22.6 Å². The molecule has 29 heavy (non-hydrogen) atoms. The van der Waals surface area contributed by atoms with Gasteiger partial charge in [0.2, 0.25) is 6.79 Å². The van der Waals surface area contributed by atoms with E-state index in [0.29, 0.717) is 32.0 Å². The van der Waals surface area contributed by atoms with Gasteiger partial charge in [-0.2, -0.15) is 13.2 Å². The minimum atomic E-state index is -4.15. The molecule has 10 heteroatoms. The Morgan fingerprint density at radius 1 is 1.28 bits per heavy atom. The van der Waals surface area contributed by atoms with Gasteiger partial charge in [0.1, 0.15) is 0 Å². The monoisotopic (exact) mass is 526 g/mol. The molecule has 1 aromatic carbocycles. The van der Waals surface area contributed by atoms with Gasteiger partial charge in [0, 0.05) is 38.1 Å². The predicted molar refractivity (Wildman–Crippen MR) is 114 cm³/mol. The standard InChI is InChI=1S/C19H25F3N4O2.HI/c1-23-17(25-14-4-7-26(9-14)11-19(20,21)22)24-10-18(5-6-18)13-2-3-15-16(8-13)28-12-27-15;/h2-3,8,14H,4-7,9-12H2,1H3,(H2,23,24,25);1H. The van der Waals surface area contributed by atoms with Crippen molar-refractivity contribution in [3.63, 3.8) is 0 Å². The Bertz CT molecular complexity index is 755. The Balaban J connectivity index is 0.00000240. The topological polar surface area (TPSA) is 58.1 Å². The number of hydrogen-bond donors (Lipinski definition) is 2. The van der Waals surface area contributed by atoms with Gasteiger partial charge in [-0.05, 0) is 37.0 Å². The van der Waals surface area contributed by atoms with Crippen LogP contribution in [0.2, 0.25) is 0 Å². The SMILES string of the molecule is CN=C(NCC1(c2ccc3c(c2)OCO3)CC1)NC1CCN(CC(F)(F)F)C1.I. The number of aliphatic imine (C=N–C) groups is 1. The van der Waals surface area contributed by atoms with Crippen molar-refractivity contribution in [2.75, 3.05) is 40.0 Å². The van der Waals surface area contributed by atoms with Crippen LogP contribution in [-0.2, 0) is 5.41 Å². The average Bonchev–Trinajstić information content (AvgIpc) is 3.08. The van der Waals surface area contributed by atoms with E-state index in [-0.39, 0.29) is 42.2 Å². The van der Waals surface area contributed by atoms with E-state index in [4.69, 9.17) is 9.47 Å². The molecular weight excluding hydrogens is 500 g/mol. The summed E-state index contributed by atoms with van der Waals surface area (Å²) in [7, 11) is 1.68. The van der Waals surface area contributed by atoms with Crippen molar-refractivity contribution in [2.45, 2.75) is 36.9 Å². The van der Waals surface area contributed by atoms with Crippen molar-refractivity contribution >= 4 is 29.9 Å². The highest BCUT2D eigenvalue weighted by Crippen LogP contribution is 2.49. The molecule has 1 saturated heterocycles. The van der Waals surface area contributed by atoms with Crippen LogP contribution in [-0.4, -0.2) is 63.1 Å². The minimum Gasteiger partial charge on any atom is -0.454 e. The zero-order valence-corrected chi connectivity index (χ0v) is 18.5. The van der Waals surface area contributed by atoms with Gasteiger partial charge in [-0.25, -0.2) is 0 Å². The molecule has 0 spiro atoms. The predicted octanol–water partition coefficient (Wildman–Crippen LogP) is 2.87. The summed E-state index contributed by atoms with van der Waals surface area (Å²) in [6.07, 6.45) is -1.35. The maximum absolute atomic E-state index is 12.6. The average molecular weight is 526 g/mol. The maximum atomic E-state index is 12.6. The summed E-state index contributed by atoms with van der Waals surface area (Å²) in [5, 5.41) is 6.61. The Hall–Kier alpha value is -1.43. The molecule has 6 nitrogen and oxygen atoms in total. The quantitative estimate of drug-likeness (QED) is 0.351. The number of likely N-dealkylation sites (tertiary alicyclic amines) is 1. The fraction of sp³-hybridized carbons (Fsp3) is 0.632. The van der Waals surface area contributed by atoms with E-state index in [1.807, 2.05) is 12.1 Å². The Kier molecular flexibility index (Phi) is 6.71. The number of benzene rings is 1. The van der Waals surface area contributed by atoms with Crippen LogP contribution in [0.3, 0.4) is 0 Å². The molecule has 2 aliphatic heterocycles. The molecule has 2 fully saturated rings. The van der Waals surface area contributed by atoms with Gasteiger partial charge in [-0.3, -0.25) is 9.89 Å². The van der Waals surface area contributed by atoms with Gasteiger partial charge in [0.25, 0.3) is 0 Å². The van der Waals surface area contributed by atoms with Crippen LogP contribution >= 0.6 is 24.0 Å². The molecular formula is C19H26F3IN4O2. The number of nitrogens with zero attached hydrogens (tertiary/aromatic N) is 2. The molecule has 1 atom stereocenters. The molecule has 162 valence electrons. The van der Waals surface area contributed by atoms with Crippen LogP contribution < -0.4 is 20.1 Å². The van der Waals surface area contributed by atoms with Crippen LogP contribution in [0.1, 0.15) is 24.8 Å². The molecule has 0 amide bonds. The van der Waals surface area contributed by atoms with E-state index in [0.717, 1.165) is 24.3 Å². The van der Waals surface area contributed by atoms with Crippen molar-refractivity contribution in [2.24, 2.45) is 4.99 Å². The van der Waals surface area contributed by atoms with E-state index in [9.17, 15) is 13.2 Å². The molecule has 3 aliphatic rings. The number of rotatable bonds is 5. The fourth-order valence-electron chi connectivity index (χ4n) is 3.93. The van der Waals surface area contributed by atoms with Crippen LogP contribution in [0, 0.1) is 0 Å². The van der Waals surface area contributed by atoms with Gasteiger partial charge in [-0.15, -0.1) is 24.0 Å². The second-order valence-corrected chi connectivity index (χ2v) is 7.75. The lowest BCUT2D eigenvalue weighted by Crippen LogP contribution is -2.47. The number of halogens is 4. The molecule has 1 aromatic rings. The fourth-order valence-corrected chi connectivity index (χ4v) is 3.93. The summed E-state index contributed by atoms with van der Waals surface area (Å²) < 4.78 is 48.5. The number of guanidine groups is 1. The molecule has 1 saturated carbocycles. The van der Waals surface area contributed by atoms with E-state index < -0.39 is 12.7 Å². The summed E-state index contributed by atoms with van der Waals surface area (Å²) >= 11 is 0. The molecule has 0 bridgehead atoms. The number of hydrogen-bond acceptors (Lipinski definition) is 4. The van der Waals surface area contributed by atoms with Crippen LogP contribution in [0.4, 0.5) is 13.2 Å². The Morgan fingerprint density at radius 2 is 2.03 bits per heavy atom. The van der Waals surface area contributed by atoms with E-state index in [1.165, 1.54) is 10.5 Å². The van der Waals surface area contributed by atoms with Crippen molar-refractivity contribution in [3.8, 4) is 11.5 Å². The number of fused-ring (bicyclic) bond motifs is 1. The first-order valence-electron chi connectivity index (χ1n) is 9.53. The molecule has 0 aromatic heterocycles. The normalized spacial score (nSPS) is 22.9. The second kappa shape index (κ2) is 8.75. The third-order valence-electron chi connectivity index (χ3n) is 5.67. The summed E-state index contributed by atoms with van der Waals surface area (Å²) in [4.78, 5) is 5.67. The number of ether oxygens (including phenoxy) is 2. The summed E-state index contributed by atoms with van der Waals surface area (Å²) in [6, 6.07) is 6.02. The molecule has 2 heterocycles. The molecule has 1 unspecified atom stereocenters.